The van der Waals surface area contributed by atoms with Crippen molar-refractivity contribution in [1.82, 2.24) is 0 Å². The largest absolute Gasteiger partial charge is 0 e. The van der Waals surface area contributed by atoms with Crippen molar-refractivity contribution in [2.45, 2.75) is 19.4 Å². The first kappa shape index (κ1) is 36.9. The molecule has 85 valence electrons. The van der Waals surface area contributed by atoms with E-state index in [2.05, 4.69) is 26.6 Å². The van der Waals surface area contributed by atoms with Gasteiger partial charge in [-0.25, -0.2) is 0 Å². The monoisotopic (exact) mass is 258 g/mol. The molecule has 1 unspecified atom stereocenters. The topological polar surface area (TPSA) is 117 Å². The van der Waals surface area contributed by atoms with E-state index in [9.17, 15) is 4.79 Å². The van der Waals surface area contributed by atoms with Crippen molar-refractivity contribution in [3.05, 3.63) is 26.6 Å². The van der Waals surface area contributed by atoms with Gasteiger partial charge in [0.2, 0.25) is 0 Å². The average Bonchev–Trinajstić information content (AvgIpc) is 2.29. The van der Waals surface area contributed by atoms with Crippen LogP contribution < -0.4 is 0 Å². The number of rotatable bonds is 2. The zero-order chi connectivity index (χ0) is 13.0. The molecule has 0 aromatic carbocycles. The minimum atomic E-state index is -0.525. The first-order chi connectivity index (χ1) is 6.77. The van der Waals surface area contributed by atoms with Gasteiger partial charge in [0.15, 0.2) is 0 Å². The van der Waals surface area contributed by atoms with Crippen molar-refractivity contribution in [2.24, 2.45) is 0 Å². The van der Waals surface area contributed by atoms with Gasteiger partial charge in [-0.3, -0.25) is 6.29 Å². The van der Waals surface area contributed by atoms with Crippen LogP contribution in [0.1, 0.15) is 13.3 Å². The van der Waals surface area contributed by atoms with Gasteiger partial charge in [-0.1, -0.05) is 0 Å². The molecule has 6 nitrogen and oxygen atoms in total. The Morgan fingerprint density at radius 3 is 1.27 bits per heavy atom. The normalized spacial score (nSPS) is 6.00. The summed E-state index contributed by atoms with van der Waals surface area (Å²) in [5, 5.41) is 8.29. The van der Waals surface area contributed by atoms with Gasteiger partial charge >= 0.3 is 45.2 Å². The Kier molecular flexibility index (Phi) is 281. The maximum atomic E-state index is 9.33. The molecule has 15 heavy (non-hydrogen) atoms. The molecule has 1 radical (unpaired) electrons. The van der Waals surface area contributed by atoms with E-state index in [0.717, 1.165) is 0 Å². The van der Waals surface area contributed by atoms with Crippen LogP contribution in [-0.2, 0) is 40.2 Å². The van der Waals surface area contributed by atoms with Crippen LogP contribution in [0.3, 0.4) is 0 Å². The van der Waals surface area contributed by atoms with E-state index in [1.807, 2.05) is 0 Å². The molecular weight excluding hydrogens is 251 g/mol. The minimum Gasteiger partial charge on any atom is 0 e. The van der Waals surface area contributed by atoms with Crippen LogP contribution in [0, 0.1) is 26.6 Å². The van der Waals surface area contributed by atoms with Crippen molar-refractivity contribution in [3.63, 3.8) is 0 Å². The van der Waals surface area contributed by atoms with Crippen molar-refractivity contribution in [1.29, 1.82) is 0 Å². The second-order valence-corrected chi connectivity index (χ2v) is 1.20. The molecular formula is C8H7CoO6-. The van der Waals surface area contributed by atoms with Gasteiger partial charge in [0.1, 0.15) is 0 Å². The summed E-state index contributed by atoms with van der Waals surface area (Å²) in [7, 11) is 0. The van der Waals surface area contributed by atoms with Crippen molar-refractivity contribution < 1.29 is 45.3 Å². The van der Waals surface area contributed by atoms with E-state index < -0.39 is 6.10 Å². The predicted octanol–water partition coefficient (Wildman–Crippen LogP) is -0.286. The van der Waals surface area contributed by atoms with E-state index in [-0.39, 0.29) is 23.2 Å². The molecule has 0 aromatic heterocycles. The summed E-state index contributed by atoms with van der Waals surface area (Å²) in [6.45, 7) is 19.5. The molecule has 0 aromatic rings. The Bertz CT molecular complexity index is 133. The van der Waals surface area contributed by atoms with Crippen LogP contribution in [0.5, 0.6) is 0 Å². The summed E-state index contributed by atoms with van der Waals surface area (Å²) >= 11 is 0. The molecule has 0 amide bonds. The maximum absolute atomic E-state index is 9.33. The maximum Gasteiger partial charge on any atom is 0 e. The summed E-state index contributed by atoms with van der Waals surface area (Å²) in [5.41, 5.74) is 0. The van der Waals surface area contributed by atoms with Gasteiger partial charge < -0.3 is 9.90 Å². The molecule has 0 spiro atoms. The number of aliphatic hydroxyl groups is 1. The third kappa shape index (κ3) is 367. The zero-order valence-corrected chi connectivity index (χ0v) is 8.65. The van der Waals surface area contributed by atoms with Crippen LogP contribution >= 0.6 is 0 Å². The van der Waals surface area contributed by atoms with Crippen LogP contribution in [-0.4, -0.2) is 17.5 Å². The van der Waals surface area contributed by atoms with Gasteiger partial charge in [-0.2, -0.15) is 0 Å². The van der Waals surface area contributed by atoms with Gasteiger partial charge in [0.25, 0.3) is 0 Å². The van der Waals surface area contributed by atoms with E-state index in [0.29, 0.717) is 0 Å². The second-order valence-electron chi connectivity index (χ2n) is 1.20. The number of hydrogen-bond acceptors (Lipinski definition) is 2. The van der Waals surface area contributed by atoms with E-state index in [1.165, 1.54) is 0 Å². The van der Waals surface area contributed by atoms with Crippen molar-refractivity contribution in [3.8, 4) is 0 Å². The van der Waals surface area contributed by atoms with Crippen molar-refractivity contribution >= 4 is 6.29 Å². The summed E-state index contributed by atoms with van der Waals surface area (Å²) < 4.78 is 30.0. The molecule has 0 rings (SSSR count). The number of aliphatic hydroxyl groups excluding tert-OH is 1. The fourth-order valence-electron chi connectivity index (χ4n) is 0.121. The van der Waals surface area contributed by atoms with Gasteiger partial charge in [-0.15, -0.1) is 6.42 Å². The predicted molar refractivity (Wildman–Crippen MR) is 37.7 cm³/mol. The SMILES string of the molecule is CC(O)C[C-]=O.[C-]#[O+].[C-]#[O+].[C-]#[O+].[C-]#[O+].[Co]. The summed E-state index contributed by atoms with van der Waals surface area (Å²) in [4.78, 5) is 9.33. The van der Waals surface area contributed by atoms with Gasteiger partial charge in [0, 0.05) is 22.9 Å². The Labute approximate surface area is 98.1 Å². The van der Waals surface area contributed by atoms with Crippen LogP contribution in [0.2, 0.25) is 0 Å². The molecule has 0 saturated carbocycles. The fraction of sp³-hybridized carbons (Fsp3) is 0.375. The molecule has 7 heteroatoms. The number of hydrogen-bond donors (Lipinski definition) is 1. The molecule has 1 N–H and O–H groups in total. The Morgan fingerprint density at radius 2 is 1.27 bits per heavy atom. The third-order valence-corrected chi connectivity index (χ3v) is 0.379. The van der Waals surface area contributed by atoms with E-state index in [4.69, 9.17) is 23.7 Å². The van der Waals surface area contributed by atoms with Gasteiger partial charge in [0.05, 0.1) is 0 Å². The summed E-state index contributed by atoms with van der Waals surface area (Å²) in [5.74, 6) is 0. The third-order valence-electron chi connectivity index (χ3n) is 0.379. The molecule has 0 heterocycles. The van der Waals surface area contributed by atoms with Crippen LogP contribution in [0.25, 0.3) is 0 Å². The zero-order valence-electron chi connectivity index (χ0n) is 7.61. The molecule has 0 aliphatic carbocycles. The van der Waals surface area contributed by atoms with E-state index >= 15 is 0 Å². The van der Waals surface area contributed by atoms with Gasteiger partial charge in [-0.05, 0) is 6.92 Å². The average molecular weight is 258 g/mol. The van der Waals surface area contributed by atoms with Crippen molar-refractivity contribution in [2.75, 3.05) is 0 Å². The minimum absolute atomic E-state index is 0. The number of carbonyl (C=O) groups excluding carboxylic acids is 1. The van der Waals surface area contributed by atoms with Crippen LogP contribution in [0.15, 0.2) is 0 Å². The van der Waals surface area contributed by atoms with Crippen LogP contribution in [0.4, 0.5) is 0 Å². The molecule has 0 aliphatic heterocycles. The first-order valence-corrected chi connectivity index (χ1v) is 2.62. The Balaban J connectivity index is -0.0000000194. The standard InChI is InChI=1S/C4H7O2.4CO.Co/c1-4(6)2-3-5;4*1-2;/h4,6H,2H2,1H3;;;;;/q-1;;;;;. The molecule has 0 saturated heterocycles. The first-order valence-electron chi connectivity index (χ1n) is 2.62. The summed E-state index contributed by atoms with van der Waals surface area (Å²) in [6, 6.07) is 0. The molecule has 0 fully saturated rings. The second kappa shape index (κ2) is 114. The summed E-state index contributed by atoms with van der Waals surface area (Å²) in [6.07, 6.45) is 1.17. The Hall–Kier alpha value is -0.904. The molecule has 1 atom stereocenters. The molecule has 0 bridgehead atoms. The Morgan fingerprint density at radius 1 is 1.07 bits per heavy atom. The quantitative estimate of drug-likeness (QED) is 0.541. The van der Waals surface area contributed by atoms with E-state index in [1.54, 1.807) is 13.2 Å². The smallest absolute Gasteiger partial charge is 0 e. The fourth-order valence-corrected chi connectivity index (χ4v) is 0.121. The molecule has 0 aliphatic rings.